The summed E-state index contributed by atoms with van der Waals surface area (Å²) in [7, 11) is 0. The molecule has 0 heterocycles. The zero-order valence-corrected chi connectivity index (χ0v) is 9.76. The molecule has 0 saturated carbocycles. The number of aliphatic carboxylic acids is 1. The first-order chi connectivity index (χ1) is 7.85. The normalized spacial score (nSPS) is 10.8. The van der Waals surface area contributed by atoms with Crippen LogP contribution < -0.4 is 0 Å². The highest BCUT2D eigenvalue weighted by molar-refractivity contribution is 5.88. The van der Waals surface area contributed by atoms with Gasteiger partial charge in [0.25, 0.3) is 0 Å². The highest BCUT2D eigenvalue weighted by atomic mass is 16.5. The second kappa shape index (κ2) is 6.85. The molecule has 0 aliphatic carbocycles. The van der Waals surface area contributed by atoms with Crippen molar-refractivity contribution in [1.82, 2.24) is 0 Å². The van der Waals surface area contributed by atoms with Gasteiger partial charge in [-0.3, -0.25) is 9.59 Å². The molecule has 7 heteroatoms. The van der Waals surface area contributed by atoms with Crippen LogP contribution in [0.25, 0.3) is 0 Å². The summed E-state index contributed by atoms with van der Waals surface area (Å²) >= 11 is 0. The van der Waals surface area contributed by atoms with Gasteiger partial charge in [-0.15, -0.1) is 0 Å². The minimum atomic E-state index is -2.49. The summed E-state index contributed by atoms with van der Waals surface area (Å²) in [5.41, 5.74) is -2.49. The van der Waals surface area contributed by atoms with Crippen molar-refractivity contribution < 1.29 is 34.1 Å². The fraction of sp³-hybridized carbons (Fsp3) is 0.700. The van der Waals surface area contributed by atoms with Crippen molar-refractivity contribution in [1.29, 1.82) is 0 Å². The molecule has 0 amide bonds. The Labute approximate surface area is 98.3 Å². The van der Waals surface area contributed by atoms with E-state index in [1.54, 1.807) is 13.8 Å². The first-order valence-corrected chi connectivity index (χ1v) is 5.12. The van der Waals surface area contributed by atoms with Gasteiger partial charge in [0.1, 0.15) is 0 Å². The molecule has 7 nitrogen and oxygen atoms in total. The predicted octanol–water partition coefficient (Wildman–Crippen LogP) is -0.292. The van der Waals surface area contributed by atoms with E-state index >= 15 is 0 Å². The van der Waals surface area contributed by atoms with Gasteiger partial charge in [0.05, 0.1) is 26.1 Å². The lowest BCUT2D eigenvalue weighted by Crippen LogP contribution is -2.43. The summed E-state index contributed by atoms with van der Waals surface area (Å²) in [6.07, 6.45) is -1.59. The SMILES string of the molecule is CCOC(=O)CC(O)(CC(=O)OCC)C(=O)O. The van der Waals surface area contributed by atoms with Crippen LogP contribution in [0.15, 0.2) is 0 Å². The third kappa shape index (κ3) is 5.30. The van der Waals surface area contributed by atoms with Gasteiger partial charge in [-0.2, -0.15) is 0 Å². The standard InChI is InChI=1S/C10H16O7/c1-3-16-7(11)5-10(15,9(13)14)6-8(12)17-4-2/h15H,3-6H2,1-2H3,(H,13,14). The van der Waals surface area contributed by atoms with Crippen molar-refractivity contribution in [2.24, 2.45) is 0 Å². The number of hydrogen-bond donors (Lipinski definition) is 2. The zero-order chi connectivity index (χ0) is 13.5. The van der Waals surface area contributed by atoms with E-state index in [0.717, 1.165) is 0 Å². The summed E-state index contributed by atoms with van der Waals surface area (Å²) < 4.78 is 9.03. The average Bonchev–Trinajstić information content (AvgIpc) is 2.17. The minimum Gasteiger partial charge on any atom is -0.479 e. The maximum atomic E-state index is 11.1. The average molecular weight is 248 g/mol. The summed E-state index contributed by atoms with van der Waals surface area (Å²) in [6.45, 7) is 3.22. The molecule has 98 valence electrons. The number of carboxylic acid groups (broad SMARTS) is 1. The largest absolute Gasteiger partial charge is 0.479 e. The Kier molecular flexibility index (Phi) is 6.19. The van der Waals surface area contributed by atoms with Gasteiger partial charge in [-0.05, 0) is 13.8 Å². The maximum Gasteiger partial charge on any atom is 0.336 e. The van der Waals surface area contributed by atoms with Gasteiger partial charge < -0.3 is 19.7 Å². The van der Waals surface area contributed by atoms with Crippen molar-refractivity contribution in [3.63, 3.8) is 0 Å². The van der Waals surface area contributed by atoms with E-state index < -0.39 is 36.4 Å². The van der Waals surface area contributed by atoms with Crippen LogP contribution in [0.3, 0.4) is 0 Å². The number of ether oxygens (including phenoxy) is 2. The van der Waals surface area contributed by atoms with Gasteiger partial charge in [0, 0.05) is 0 Å². The molecule has 0 aromatic carbocycles. The van der Waals surface area contributed by atoms with Gasteiger partial charge in [-0.25, -0.2) is 4.79 Å². The molecule has 0 rings (SSSR count). The lowest BCUT2D eigenvalue weighted by molar-refractivity contribution is -0.173. The van der Waals surface area contributed by atoms with Crippen LogP contribution in [-0.4, -0.2) is 46.9 Å². The second-order valence-corrected chi connectivity index (χ2v) is 3.30. The highest BCUT2D eigenvalue weighted by Crippen LogP contribution is 2.17. The molecular formula is C10H16O7. The van der Waals surface area contributed by atoms with Crippen LogP contribution in [0.4, 0.5) is 0 Å². The van der Waals surface area contributed by atoms with Gasteiger partial charge in [0.15, 0.2) is 5.60 Å². The van der Waals surface area contributed by atoms with E-state index in [9.17, 15) is 19.5 Å². The molecule has 0 aromatic rings. The van der Waals surface area contributed by atoms with Crippen molar-refractivity contribution >= 4 is 17.9 Å². The van der Waals surface area contributed by atoms with Gasteiger partial charge in [-0.1, -0.05) is 0 Å². The zero-order valence-electron chi connectivity index (χ0n) is 9.76. The van der Waals surface area contributed by atoms with Gasteiger partial charge in [0.2, 0.25) is 0 Å². The number of carbonyl (C=O) groups is 3. The highest BCUT2D eigenvalue weighted by Gasteiger charge is 2.41. The minimum absolute atomic E-state index is 0.0634. The lowest BCUT2D eigenvalue weighted by Gasteiger charge is -2.21. The quantitative estimate of drug-likeness (QED) is 0.595. The third-order valence-corrected chi connectivity index (χ3v) is 1.88. The Bertz CT molecular complexity index is 277. The smallest absolute Gasteiger partial charge is 0.336 e. The molecule has 0 bridgehead atoms. The molecule has 0 aliphatic rings. The molecule has 0 radical (unpaired) electrons. The topological polar surface area (TPSA) is 110 Å². The van der Waals surface area contributed by atoms with Crippen molar-refractivity contribution in [3.05, 3.63) is 0 Å². The molecular weight excluding hydrogens is 232 g/mol. The molecule has 0 spiro atoms. The van der Waals surface area contributed by atoms with Crippen molar-refractivity contribution in [3.8, 4) is 0 Å². The van der Waals surface area contributed by atoms with Crippen molar-refractivity contribution in [2.45, 2.75) is 32.3 Å². The number of carboxylic acids is 1. The summed E-state index contributed by atoms with van der Waals surface area (Å²) in [5.74, 6) is -3.44. The molecule has 0 atom stereocenters. The fourth-order valence-electron chi connectivity index (χ4n) is 1.12. The Hall–Kier alpha value is -1.63. The number of hydrogen-bond acceptors (Lipinski definition) is 6. The van der Waals surface area contributed by atoms with Crippen molar-refractivity contribution in [2.75, 3.05) is 13.2 Å². The van der Waals surface area contributed by atoms with E-state index in [2.05, 4.69) is 9.47 Å². The molecule has 0 unspecified atom stereocenters. The van der Waals surface area contributed by atoms with Crippen LogP contribution in [0.1, 0.15) is 26.7 Å². The van der Waals surface area contributed by atoms with Crippen LogP contribution >= 0.6 is 0 Å². The van der Waals surface area contributed by atoms with Crippen LogP contribution in [0, 0.1) is 0 Å². The lowest BCUT2D eigenvalue weighted by atomic mass is 9.96. The van der Waals surface area contributed by atoms with Crippen LogP contribution in [0.5, 0.6) is 0 Å². The van der Waals surface area contributed by atoms with E-state index in [1.165, 1.54) is 0 Å². The van der Waals surface area contributed by atoms with Gasteiger partial charge >= 0.3 is 17.9 Å². The molecule has 0 aliphatic heterocycles. The van der Waals surface area contributed by atoms with E-state index in [1.807, 2.05) is 0 Å². The predicted molar refractivity (Wildman–Crippen MR) is 55.1 cm³/mol. The Balaban J connectivity index is 4.62. The Morgan fingerprint density at radius 2 is 1.35 bits per heavy atom. The molecule has 0 fully saturated rings. The monoisotopic (exact) mass is 248 g/mol. The number of rotatable bonds is 7. The first-order valence-electron chi connectivity index (χ1n) is 5.12. The first kappa shape index (κ1) is 15.4. The fourth-order valence-corrected chi connectivity index (χ4v) is 1.12. The summed E-state index contributed by atoms with van der Waals surface area (Å²) in [5, 5.41) is 18.5. The Morgan fingerprint density at radius 3 is 1.59 bits per heavy atom. The number of esters is 2. The molecule has 0 aromatic heterocycles. The summed E-state index contributed by atoms with van der Waals surface area (Å²) in [4.78, 5) is 33.0. The maximum absolute atomic E-state index is 11.1. The second-order valence-electron chi connectivity index (χ2n) is 3.30. The van der Waals surface area contributed by atoms with E-state index in [0.29, 0.717) is 0 Å². The van der Waals surface area contributed by atoms with Crippen LogP contribution in [0.2, 0.25) is 0 Å². The number of aliphatic hydroxyl groups is 1. The molecule has 2 N–H and O–H groups in total. The molecule has 17 heavy (non-hydrogen) atoms. The Morgan fingerprint density at radius 1 is 1.00 bits per heavy atom. The van der Waals surface area contributed by atoms with Crippen LogP contribution in [-0.2, 0) is 23.9 Å². The van der Waals surface area contributed by atoms with E-state index in [4.69, 9.17) is 5.11 Å². The third-order valence-electron chi connectivity index (χ3n) is 1.88. The summed E-state index contributed by atoms with van der Waals surface area (Å²) in [6, 6.07) is 0. The molecule has 0 saturated heterocycles. The van der Waals surface area contributed by atoms with E-state index in [-0.39, 0.29) is 13.2 Å². The number of carbonyl (C=O) groups excluding carboxylic acids is 2.